The molecule has 0 saturated heterocycles. The van der Waals surface area contributed by atoms with Crippen LogP contribution in [0.25, 0.3) is 0 Å². The molecule has 0 atom stereocenters. The Hall–Kier alpha value is -0.940. The predicted molar refractivity (Wildman–Crippen MR) is 72.7 cm³/mol. The third kappa shape index (κ3) is 3.76. The van der Waals surface area contributed by atoms with E-state index in [-0.39, 0.29) is 5.41 Å². The second kappa shape index (κ2) is 5.21. The van der Waals surface area contributed by atoms with Crippen LogP contribution in [0.1, 0.15) is 58.2 Å². The lowest BCUT2D eigenvalue weighted by atomic mass is 9.97. The molecule has 1 aliphatic rings. The van der Waals surface area contributed by atoms with Crippen molar-refractivity contribution in [2.45, 2.75) is 64.0 Å². The van der Waals surface area contributed by atoms with E-state index in [1.165, 1.54) is 0 Å². The second-order valence-electron chi connectivity index (χ2n) is 6.85. The van der Waals surface area contributed by atoms with Gasteiger partial charge in [0.15, 0.2) is 0 Å². The van der Waals surface area contributed by atoms with Crippen molar-refractivity contribution >= 4 is 0 Å². The van der Waals surface area contributed by atoms with Crippen molar-refractivity contribution in [1.29, 1.82) is 0 Å². The molecule has 1 heterocycles. The highest BCUT2D eigenvalue weighted by Crippen LogP contribution is 2.30. The minimum Gasteiger partial charge on any atom is -0.423 e. The van der Waals surface area contributed by atoms with E-state index < -0.39 is 5.60 Å². The summed E-state index contributed by atoms with van der Waals surface area (Å²) in [5, 5.41) is 18.5. The van der Waals surface area contributed by atoms with E-state index >= 15 is 0 Å². The van der Waals surface area contributed by atoms with Gasteiger partial charge in [-0.3, -0.25) is 4.90 Å². The second-order valence-corrected chi connectivity index (χ2v) is 6.85. The van der Waals surface area contributed by atoms with Crippen molar-refractivity contribution in [2.24, 2.45) is 0 Å². The maximum absolute atomic E-state index is 10.4. The van der Waals surface area contributed by atoms with Crippen molar-refractivity contribution in [3.05, 3.63) is 11.8 Å². The van der Waals surface area contributed by atoms with Gasteiger partial charge in [-0.25, -0.2) is 0 Å². The summed E-state index contributed by atoms with van der Waals surface area (Å²) in [6, 6.07) is 0. The predicted octanol–water partition coefficient (Wildman–Crippen LogP) is 2.10. The fourth-order valence-corrected chi connectivity index (χ4v) is 2.60. The normalized spacial score (nSPS) is 19.3. The molecule has 1 saturated carbocycles. The first-order valence-corrected chi connectivity index (χ1v) is 7.02. The van der Waals surface area contributed by atoms with Crippen LogP contribution in [0.2, 0.25) is 0 Å². The number of aliphatic hydroxyl groups is 1. The van der Waals surface area contributed by atoms with Crippen molar-refractivity contribution in [3.63, 3.8) is 0 Å². The Kier molecular flexibility index (Phi) is 3.97. The van der Waals surface area contributed by atoms with Gasteiger partial charge >= 0.3 is 0 Å². The first-order valence-electron chi connectivity index (χ1n) is 7.02. The summed E-state index contributed by atoms with van der Waals surface area (Å²) in [6.07, 6.45) is 4.04. The molecule has 2 rings (SSSR count). The Balaban J connectivity index is 1.92. The average molecular weight is 267 g/mol. The van der Waals surface area contributed by atoms with Gasteiger partial charge in [0.1, 0.15) is 0 Å². The molecule has 0 radical (unpaired) electrons. The van der Waals surface area contributed by atoms with Gasteiger partial charge in [-0.05, 0) is 19.9 Å². The Bertz CT molecular complexity index is 417. The van der Waals surface area contributed by atoms with E-state index in [9.17, 15) is 5.11 Å². The quantitative estimate of drug-likeness (QED) is 0.905. The largest absolute Gasteiger partial charge is 0.423 e. The molecule has 0 bridgehead atoms. The maximum atomic E-state index is 10.4. The molecule has 5 nitrogen and oxygen atoms in total. The van der Waals surface area contributed by atoms with Crippen LogP contribution in [0.15, 0.2) is 4.42 Å². The van der Waals surface area contributed by atoms with Gasteiger partial charge < -0.3 is 9.52 Å². The average Bonchev–Trinajstić information content (AvgIpc) is 2.86. The van der Waals surface area contributed by atoms with Crippen LogP contribution >= 0.6 is 0 Å². The molecule has 1 aliphatic carbocycles. The molecule has 0 aromatic carbocycles. The molecule has 0 spiro atoms. The standard InChI is InChI=1S/C14H25N3O2/c1-13(2,3)12-16-15-11(19-12)9-17(4)10-14(18)7-5-6-8-14/h18H,5-10H2,1-4H3. The highest BCUT2D eigenvalue weighted by atomic mass is 16.4. The molecule has 108 valence electrons. The van der Waals surface area contributed by atoms with E-state index in [0.717, 1.165) is 25.7 Å². The highest BCUT2D eigenvalue weighted by Gasteiger charge is 2.32. The summed E-state index contributed by atoms with van der Waals surface area (Å²) in [6.45, 7) is 7.41. The summed E-state index contributed by atoms with van der Waals surface area (Å²) in [5.41, 5.74) is -0.644. The number of rotatable bonds is 4. The Morgan fingerprint density at radius 1 is 1.26 bits per heavy atom. The van der Waals surface area contributed by atoms with E-state index in [2.05, 4.69) is 35.9 Å². The van der Waals surface area contributed by atoms with Crippen molar-refractivity contribution in [3.8, 4) is 0 Å². The monoisotopic (exact) mass is 267 g/mol. The van der Waals surface area contributed by atoms with Crippen LogP contribution < -0.4 is 0 Å². The molecule has 1 N–H and O–H groups in total. The van der Waals surface area contributed by atoms with Gasteiger partial charge in [-0.15, -0.1) is 10.2 Å². The van der Waals surface area contributed by atoms with Gasteiger partial charge in [0.05, 0.1) is 12.1 Å². The van der Waals surface area contributed by atoms with Gasteiger partial charge in [-0.1, -0.05) is 33.6 Å². The molecule has 0 unspecified atom stereocenters. The summed E-state index contributed by atoms with van der Waals surface area (Å²) in [5.74, 6) is 1.28. The fraction of sp³-hybridized carbons (Fsp3) is 0.857. The third-order valence-electron chi connectivity index (χ3n) is 3.61. The molecule has 1 aromatic rings. The number of hydrogen-bond acceptors (Lipinski definition) is 5. The lowest BCUT2D eigenvalue weighted by Gasteiger charge is -2.27. The zero-order valence-corrected chi connectivity index (χ0v) is 12.4. The molecule has 0 aliphatic heterocycles. The number of likely N-dealkylation sites (N-methyl/N-ethyl adjacent to an activating group) is 1. The van der Waals surface area contributed by atoms with Crippen molar-refractivity contribution < 1.29 is 9.52 Å². The van der Waals surface area contributed by atoms with E-state index in [1.54, 1.807) is 0 Å². The summed E-state index contributed by atoms with van der Waals surface area (Å²) in [7, 11) is 1.98. The fourth-order valence-electron chi connectivity index (χ4n) is 2.60. The SMILES string of the molecule is CN(Cc1nnc(C(C)(C)C)o1)CC1(O)CCCC1. The zero-order valence-electron chi connectivity index (χ0n) is 12.4. The Morgan fingerprint density at radius 3 is 2.42 bits per heavy atom. The minimum atomic E-state index is -0.526. The van der Waals surface area contributed by atoms with Gasteiger partial charge in [0.2, 0.25) is 11.8 Å². The molecule has 5 heteroatoms. The van der Waals surface area contributed by atoms with Crippen LogP contribution in [0, 0.1) is 0 Å². The molecule has 1 aromatic heterocycles. The third-order valence-corrected chi connectivity index (χ3v) is 3.61. The Morgan fingerprint density at radius 2 is 1.89 bits per heavy atom. The van der Waals surface area contributed by atoms with Gasteiger partial charge in [-0.2, -0.15) is 0 Å². The van der Waals surface area contributed by atoms with Gasteiger partial charge in [0.25, 0.3) is 0 Å². The summed E-state index contributed by atoms with van der Waals surface area (Å²) in [4.78, 5) is 2.06. The Labute approximate surface area is 115 Å². The number of aromatic nitrogens is 2. The number of hydrogen-bond donors (Lipinski definition) is 1. The van der Waals surface area contributed by atoms with E-state index in [0.29, 0.717) is 24.9 Å². The van der Waals surface area contributed by atoms with Crippen LogP contribution in [-0.4, -0.2) is 39.4 Å². The minimum absolute atomic E-state index is 0.118. The highest BCUT2D eigenvalue weighted by molar-refractivity contribution is 4.96. The van der Waals surface area contributed by atoms with Crippen LogP contribution in [-0.2, 0) is 12.0 Å². The first-order chi connectivity index (χ1) is 8.78. The lowest BCUT2D eigenvalue weighted by molar-refractivity contribution is 0.0126. The summed E-state index contributed by atoms with van der Waals surface area (Å²) >= 11 is 0. The zero-order chi connectivity index (χ0) is 14.1. The molecule has 1 fully saturated rings. The molecule has 19 heavy (non-hydrogen) atoms. The van der Waals surface area contributed by atoms with Crippen LogP contribution in [0.3, 0.4) is 0 Å². The smallest absolute Gasteiger partial charge is 0.230 e. The molecule has 0 amide bonds. The maximum Gasteiger partial charge on any atom is 0.230 e. The molecular weight excluding hydrogens is 242 g/mol. The van der Waals surface area contributed by atoms with E-state index in [4.69, 9.17) is 4.42 Å². The van der Waals surface area contributed by atoms with Crippen molar-refractivity contribution in [1.82, 2.24) is 15.1 Å². The van der Waals surface area contributed by atoms with Crippen molar-refractivity contribution in [2.75, 3.05) is 13.6 Å². The van der Waals surface area contributed by atoms with Gasteiger partial charge in [0, 0.05) is 12.0 Å². The summed E-state index contributed by atoms with van der Waals surface area (Å²) < 4.78 is 5.67. The van der Waals surface area contributed by atoms with Crippen LogP contribution in [0.4, 0.5) is 0 Å². The van der Waals surface area contributed by atoms with E-state index in [1.807, 2.05) is 7.05 Å². The lowest BCUT2D eigenvalue weighted by Crippen LogP contribution is -2.38. The topological polar surface area (TPSA) is 62.4 Å². The van der Waals surface area contributed by atoms with Crippen LogP contribution in [0.5, 0.6) is 0 Å². The first kappa shape index (κ1) is 14.5. The molecular formula is C14H25N3O2. The number of nitrogens with zero attached hydrogens (tertiary/aromatic N) is 3.